The van der Waals surface area contributed by atoms with E-state index in [1.165, 1.54) is 77.4 Å². The molecule has 19 heavy (non-hydrogen) atoms. The maximum Gasteiger partial charge on any atom is 0.0595 e. The third kappa shape index (κ3) is 10.4. The van der Waals surface area contributed by atoms with Gasteiger partial charge in [0.2, 0.25) is 0 Å². The third-order valence-corrected chi connectivity index (χ3v) is 3.95. The maximum absolute atomic E-state index is 5.39. The fourth-order valence-electron chi connectivity index (χ4n) is 2.66. The number of rotatable bonds is 9. The molecule has 0 unspecified atom stereocenters. The summed E-state index contributed by atoms with van der Waals surface area (Å²) in [4.78, 5) is 2.61. The second kappa shape index (κ2) is 14.3. The molecule has 0 atom stereocenters. The lowest BCUT2D eigenvalue weighted by atomic mass is 10.1. The van der Waals surface area contributed by atoms with Crippen LogP contribution in [0.4, 0.5) is 0 Å². The third-order valence-electron chi connectivity index (χ3n) is 3.95. The molecule has 0 aromatic rings. The fraction of sp³-hybridized carbons (Fsp3) is 1.00. The second-order valence-electron chi connectivity index (χ2n) is 5.40. The number of hydrogen-bond donors (Lipinski definition) is 0. The van der Waals surface area contributed by atoms with Crippen molar-refractivity contribution in [3.05, 3.63) is 0 Å². The van der Waals surface area contributed by atoms with E-state index >= 15 is 0 Å². The van der Waals surface area contributed by atoms with Gasteiger partial charge in [-0.05, 0) is 25.8 Å². The van der Waals surface area contributed by atoms with Gasteiger partial charge in [-0.15, -0.1) is 0 Å². The minimum absolute atomic E-state index is 0.528. The van der Waals surface area contributed by atoms with Crippen molar-refractivity contribution in [3.63, 3.8) is 0 Å². The van der Waals surface area contributed by atoms with Crippen molar-refractivity contribution >= 4 is 0 Å². The number of methoxy groups -OCH3 is 1. The van der Waals surface area contributed by atoms with E-state index in [0.717, 1.165) is 0 Å². The Labute approximate surface area is 121 Å². The smallest absolute Gasteiger partial charge is 0.0595 e. The van der Waals surface area contributed by atoms with E-state index in [1.54, 1.807) is 0 Å². The van der Waals surface area contributed by atoms with Crippen LogP contribution in [0, 0.1) is 0 Å². The average Bonchev–Trinajstić information content (AvgIpc) is 2.49. The number of unbranched alkanes of at least 4 members (excludes halogenated alkanes) is 6. The number of hydrogen-bond acceptors (Lipinski definition) is 2. The van der Waals surface area contributed by atoms with Crippen LogP contribution in [0.2, 0.25) is 0 Å². The summed E-state index contributed by atoms with van der Waals surface area (Å²) in [6.07, 6.45) is 12.9. The molecule has 1 fully saturated rings. The quantitative estimate of drug-likeness (QED) is 0.554. The highest BCUT2D eigenvalue weighted by Crippen LogP contribution is 2.14. The lowest BCUT2D eigenvalue weighted by molar-refractivity contribution is 0.0407. The Hall–Kier alpha value is -0.0800. The molecule has 1 saturated heterocycles. The zero-order valence-electron chi connectivity index (χ0n) is 13.9. The van der Waals surface area contributed by atoms with Crippen molar-refractivity contribution in [3.8, 4) is 0 Å². The predicted octanol–water partition coefficient (Wildman–Crippen LogP) is 4.87. The van der Waals surface area contributed by atoms with Crippen LogP contribution >= 0.6 is 0 Å². The van der Waals surface area contributed by atoms with Gasteiger partial charge in [-0.1, -0.05) is 59.3 Å². The van der Waals surface area contributed by atoms with Crippen molar-refractivity contribution in [2.45, 2.75) is 84.7 Å². The van der Waals surface area contributed by atoms with Crippen LogP contribution in [0.25, 0.3) is 0 Å². The van der Waals surface area contributed by atoms with E-state index in [2.05, 4.69) is 11.8 Å². The summed E-state index contributed by atoms with van der Waals surface area (Å²) in [6.45, 7) is 10.1. The molecule has 1 rings (SSSR count). The molecule has 2 nitrogen and oxygen atoms in total. The lowest BCUT2D eigenvalue weighted by Crippen LogP contribution is -2.37. The summed E-state index contributed by atoms with van der Waals surface area (Å²) < 4.78 is 5.39. The molecule has 0 amide bonds. The van der Waals surface area contributed by atoms with Crippen molar-refractivity contribution in [1.29, 1.82) is 0 Å². The Balaban J connectivity index is 0.00000154. The van der Waals surface area contributed by atoms with Crippen LogP contribution in [-0.2, 0) is 4.74 Å². The number of piperidine rings is 1. The first kappa shape index (κ1) is 18.9. The van der Waals surface area contributed by atoms with Crippen LogP contribution in [0.15, 0.2) is 0 Å². The van der Waals surface area contributed by atoms with Crippen molar-refractivity contribution in [1.82, 2.24) is 4.90 Å². The topological polar surface area (TPSA) is 12.5 Å². The molecular formula is C17H37NO. The summed E-state index contributed by atoms with van der Waals surface area (Å²) in [7, 11) is 1.84. The van der Waals surface area contributed by atoms with Crippen molar-refractivity contribution in [2.75, 3.05) is 26.7 Å². The van der Waals surface area contributed by atoms with Gasteiger partial charge in [0.25, 0.3) is 0 Å². The Morgan fingerprint density at radius 3 is 1.95 bits per heavy atom. The first-order valence-corrected chi connectivity index (χ1v) is 8.62. The first-order valence-electron chi connectivity index (χ1n) is 8.62. The molecule has 1 heterocycles. The largest absolute Gasteiger partial charge is 0.381 e. The van der Waals surface area contributed by atoms with Gasteiger partial charge >= 0.3 is 0 Å². The summed E-state index contributed by atoms with van der Waals surface area (Å²) in [5, 5.41) is 0. The Morgan fingerprint density at radius 1 is 0.895 bits per heavy atom. The highest BCUT2D eigenvalue weighted by Gasteiger charge is 2.17. The van der Waals surface area contributed by atoms with Crippen LogP contribution in [-0.4, -0.2) is 37.7 Å². The van der Waals surface area contributed by atoms with Gasteiger partial charge in [-0.25, -0.2) is 0 Å². The van der Waals surface area contributed by atoms with Gasteiger partial charge < -0.3 is 9.64 Å². The SMILES string of the molecule is CC.CCCCCCCCCN1CCC(OC)CC1. The number of ether oxygens (including phenoxy) is 1. The van der Waals surface area contributed by atoms with E-state index in [-0.39, 0.29) is 0 Å². The highest BCUT2D eigenvalue weighted by atomic mass is 16.5. The van der Waals surface area contributed by atoms with Gasteiger partial charge in [0.05, 0.1) is 6.10 Å². The number of nitrogens with zero attached hydrogens (tertiary/aromatic N) is 1. The summed E-state index contributed by atoms with van der Waals surface area (Å²) >= 11 is 0. The first-order chi connectivity index (χ1) is 9.36. The van der Waals surface area contributed by atoms with Crippen LogP contribution < -0.4 is 0 Å². The van der Waals surface area contributed by atoms with Crippen LogP contribution in [0.3, 0.4) is 0 Å². The zero-order valence-corrected chi connectivity index (χ0v) is 13.9. The average molecular weight is 271 g/mol. The maximum atomic E-state index is 5.39. The molecule has 0 radical (unpaired) electrons. The molecule has 116 valence electrons. The molecule has 0 N–H and O–H groups in total. The molecule has 0 spiro atoms. The van der Waals surface area contributed by atoms with Crippen molar-refractivity contribution in [2.24, 2.45) is 0 Å². The van der Waals surface area contributed by atoms with Gasteiger partial charge in [-0.3, -0.25) is 0 Å². The summed E-state index contributed by atoms with van der Waals surface area (Å²) in [5.41, 5.74) is 0. The molecule has 0 aliphatic carbocycles. The standard InChI is InChI=1S/C15H31NO.C2H6/c1-3-4-5-6-7-8-9-12-16-13-10-15(17-2)11-14-16;1-2/h15H,3-14H2,1-2H3;1-2H3. The molecule has 1 aliphatic heterocycles. The Kier molecular flexibility index (Phi) is 14.3. The molecule has 2 heteroatoms. The van der Waals surface area contributed by atoms with Gasteiger partial charge in [0.15, 0.2) is 0 Å². The summed E-state index contributed by atoms with van der Waals surface area (Å²) in [5.74, 6) is 0. The van der Waals surface area contributed by atoms with E-state index in [4.69, 9.17) is 4.74 Å². The minimum Gasteiger partial charge on any atom is -0.381 e. The molecule has 0 aromatic carbocycles. The fourth-order valence-corrected chi connectivity index (χ4v) is 2.66. The minimum atomic E-state index is 0.528. The van der Waals surface area contributed by atoms with Crippen molar-refractivity contribution < 1.29 is 4.74 Å². The van der Waals surface area contributed by atoms with E-state index in [9.17, 15) is 0 Å². The summed E-state index contributed by atoms with van der Waals surface area (Å²) in [6, 6.07) is 0. The zero-order chi connectivity index (χ0) is 14.3. The predicted molar refractivity (Wildman–Crippen MR) is 85.8 cm³/mol. The molecule has 0 saturated carbocycles. The van der Waals surface area contributed by atoms with E-state index in [0.29, 0.717) is 6.10 Å². The second-order valence-corrected chi connectivity index (χ2v) is 5.40. The van der Waals surface area contributed by atoms with E-state index in [1.807, 2.05) is 21.0 Å². The van der Waals surface area contributed by atoms with Gasteiger partial charge in [0.1, 0.15) is 0 Å². The number of likely N-dealkylation sites (tertiary alicyclic amines) is 1. The monoisotopic (exact) mass is 271 g/mol. The van der Waals surface area contributed by atoms with Gasteiger partial charge in [0, 0.05) is 20.2 Å². The van der Waals surface area contributed by atoms with Crippen LogP contribution in [0.5, 0.6) is 0 Å². The highest BCUT2D eigenvalue weighted by molar-refractivity contribution is 4.71. The van der Waals surface area contributed by atoms with Crippen LogP contribution in [0.1, 0.15) is 78.6 Å². The Morgan fingerprint density at radius 2 is 1.42 bits per heavy atom. The lowest BCUT2D eigenvalue weighted by Gasteiger charge is -2.31. The molecule has 0 bridgehead atoms. The molecule has 0 aromatic heterocycles. The van der Waals surface area contributed by atoms with Gasteiger partial charge in [-0.2, -0.15) is 0 Å². The molecule has 1 aliphatic rings. The molecular weight excluding hydrogens is 234 g/mol. The van der Waals surface area contributed by atoms with E-state index < -0.39 is 0 Å². The Bertz CT molecular complexity index is 165. The normalized spacial score (nSPS) is 17.1.